The van der Waals surface area contributed by atoms with Crippen LogP contribution in [-0.4, -0.2) is 38.2 Å². The monoisotopic (exact) mass is 429 g/mol. The van der Waals surface area contributed by atoms with Crippen LogP contribution >= 0.6 is 0 Å². The molecule has 0 aliphatic heterocycles. The number of para-hydroxylation sites is 1. The van der Waals surface area contributed by atoms with Gasteiger partial charge in [-0.05, 0) is 36.8 Å². The number of carbonyl (C=O) groups excluding carboxylic acids is 1. The van der Waals surface area contributed by atoms with Crippen LogP contribution in [0.3, 0.4) is 0 Å². The first-order valence-electron chi connectivity index (χ1n) is 9.83. The molecule has 2 aromatic carbocycles. The highest BCUT2D eigenvalue weighted by Gasteiger charge is 2.15. The third-order valence-electron chi connectivity index (χ3n) is 4.62. The van der Waals surface area contributed by atoms with E-state index in [0.29, 0.717) is 28.9 Å². The third-order valence-corrected chi connectivity index (χ3v) is 4.62. The Balaban J connectivity index is 2.03. The Morgan fingerprint density at radius 1 is 1.03 bits per heavy atom. The van der Waals surface area contributed by atoms with E-state index in [2.05, 4.69) is 26.3 Å². The molecule has 0 unspecified atom stereocenters. The summed E-state index contributed by atoms with van der Waals surface area (Å²) in [6, 6.07) is 11.8. The molecular weight excluding hydrogens is 406 g/mol. The molecule has 0 atom stereocenters. The van der Waals surface area contributed by atoms with Crippen LogP contribution < -0.4 is 0 Å². The maximum absolute atomic E-state index is 11.5. The molecule has 7 nitrogen and oxygen atoms in total. The average molecular weight is 429 g/mol. The van der Waals surface area contributed by atoms with Crippen molar-refractivity contribution in [2.45, 2.75) is 13.3 Å². The molecule has 0 spiro atoms. The predicted molar refractivity (Wildman–Crippen MR) is 123 cm³/mol. The molecule has 162 valence electrons. The van der Waals surface area contributed by atoms with Gasteiger partial charge in [0.2, 0.25) is 0 Å². The Morgan fingerprint density at radius 2 is 1.72 bits per heavy atom. The predicted octanol–water partition coefficient (Wildman–Crippen LogP) is 4.48. The number of methoxy groups -OCH3 is 1. The number of aromatic hydroxyl groups is 2. The summed E-state index contributed by atoms with van der Waals surface area (Å²) in [5.41, 5.74) is 2.10. The number of phenolic OH excluding ortho intramolecular Hbond substituents is 2. The van der Waals surface area contributed by atoms with Crippen LogP contribution in [0.5, 0.6) is 11.5 Å². The molecule has 0 aliphatic rings. The number of hydrogen-bond acceptors (Lipinski definition) is 7. The SMILES string of the molecule is C=Cc1ccc(-c2nc(C/C=C\C=C(/C)C(=O)OC)nc(-c3ccccc3O)n2)c(O)c1. The first-order valence-corrected chi connectivity index (χ1v) is 9.83. The largest absolute Gasteiger partial charge is 0.507 e. The van der Waals surface area contributed by atoms with Crippen molar-refractivity contribution in [2.75, 3.05) is 7.11 Å². The Hall–Kier alpha value is -4.26. The Kier molecular flexibility index (Phi) is 7.13. The molecule has 1 aromatic heterocycles. The number of hydrogen-bond donors (Lipinski definition) is 2. The van der Waals surface area contributed by atoms with Crippen molar-refractivity contribution in [3.8, 4) is 34.3 Å². The molecular formula is C25H23N3O4. The minimum atomic E-state index is -0.405. The summed E-state index contributed by atoms with van der Waals surface area (Å²) < 4.78 is 4.67. The van der Waals surface area contributed by atoms with Crippen molar-refractivity contribution in [1.82, 2.24) is 15.0 Å². The maximum atomic E-state index is 11.5. The van der Waals surface area contributed by atoms with E-state index in [0.717, 1.165) is 5.56 Å². The summed E-state index contributed by atoms with van der Waals surface area (Å²) >= 11 is 0. The molecule has 0 aliphatic carbocycles. The van der Waals surface area contributed by atoms with Crippen LogP contribution in [0.1, 0.15) is 18.3 Å². The van der Waals surface area contributed by atoms with Crippen molar-refractivity contribution in [2.24, 2.45) is 0 Å². The average Bonchev–Trinajstić information content (AvgIpc) is 2.81. The van der Waals surface area contributed by atoms with Crippen LogP contribution in [0.2, 0.25) is 0 Å². The van der Waals surface area contributed by atoms with Gasteiger partial charge in [0.1, 0.15) is 17.3 Å². The van der Waals surface area contributed by atoms with Gasteiger partial charge in [0.25, 0.3) is 0 Å². The fourth-order valence-electron chi connectivity index (χ4n) is 2.89. The standard InChI is InChI=1S/C25H23N3O4/c1-4-17-13-14-19(21(30)15-17)24-27-22(12-8-5-9-16(2)25(31)32-3)26-23(28-24)18-10-6-7-11-20(18)29/h4-11,13-15,29-30H,1,12H2,2-3H3/b8-5-,16-9+. The van der Waals surface area contributed by atoms with E-state index in [9.17, 15) is 15.0 Å². The molecule has 0 fully saturated rings. The molecule has 7 heteroatoms. The van der Waals surface area contributed by atoms with Gasteiger partial charge in [-0.1, -0.05) is 49.1 Å². The number of benzene rings is 2. The third kappa shape index (κ3) is 5.26. The molecule has 0 radical (unpaired) electrons. The number of allylic oxidation sites excluding steroid dienone is 3. The fourth-order valence-corrected chi connectivity index (χ4v) is 2.89. The van der Waals surface area contributed by atoms with E-state index >= 15 is 0 Å². The fraction of sp³-hybridized carbons (Fsp3) is 0.120. The lowest BCUT2D eigenvalue weighted by atomic mass is 10.1. The highest BCUT2D eigenvalue weighted by atomic mass is 16.5. The lowest BCUT2D eigenvalue weighted by molar-refractivity contribution is -0.136. The maximum Gasteiger partial charge on any atom is 0.333 e. The van der Waals surface area contributed by atoms with Crippen molar-refractivity contribution in [3.63, 3.8) is 0 Å². The first-order chi connectivity index (χ1) is 15.4. The van der Waals surface area contributed by atoms with Crippen LogP contribution in [0.25, 0.3) is 28.9 Å². The van der Waals surface area contributed by atoms with Crippen LogP contribution in [0.4, 0.5) is 0 Å². The summed E-state index contributed by atoms with van der Waals surface area (Å²) in [4.78, 5) is 24.9. The molecule has 0 saturated heterocycles. The van der Waals surface area contributed by atoms with Crippen molar-refractivity contribution >= 4 is 12.0 Å². The molecule has 0 amide bonds. The van der Waals surface area contributed by atoms with Gasteiger partial charge in [0.15, 0.2) is 11.6 Å². The highest BCUT2D eigenvalue weighted by molar-refractivity contribution is 5.87. The quantitative estimate of drug-likeness (QED) is 0.324. The number of aromatic nitrogens is 3. The van der Waals surface area contributed by atoms with Crippen LogP contribution in [-0.2, 0) is 16.0 Å². The summed E-state index contributed by atoms with van der Waals surface area (Å²) in [5.74, 6) is 0.628. The topological polar surface area (TPSA) is 105 Å². The van der Waals surface area contributed by atoms with E-state index in [1.807, 2.05) is 0 Å². The number of esters is 1. The lowest BCUT2D eigenvalue weighted by Gasteiger charge is -2.09. The zero-order valence-corrected chi connectivity index (χ0v) is 17.8. The molecule has 3 aromatic rings. The second-order valence-corrected chi connectivity index (χ2v) is 6.87. The zero-order valence-electron chi connectivity index (χ0n) is 17.8. The van der Waals surface area contributed by atoms with Gasteiger partial charge in [-0.25, -0.2) is 19.7 Å². The Morgan fingerprint density at radius 3 is 2.34 bits per heavy atom. The van der Waals surface area contributed by atoms with Gasteiger partial charge in [0.05, 0.1) is 18.2 Å². The van der Waals surface area contributed by atoms with Crippen LogP contribution in [0.15, 0.2) is 72.8 Å². The Bertz CT molecular complexity index is 1220. The molecule has 2 N–H and O–H groups in total. The van der Waals surface area contributed by atoms with E-state index in [-0.39, 0.29) is 23.1 Å². The second kappa shape index (κ2) is 10.2. The van der Waals surface area contributed by atoms with E-state index in [1.165, 1.54) is 7.11 Å². The number of rotatable bonds is 7. The molecule has 3 rings (SSSR count). The van der Waals surface area contributed by atoms with Crippen molar-refractivity contribution < 1.29 is 19.7 Å². The second-order valence-electron chi connectivity index (χ2n) is 6.87. The number of nitrogens with zero attached hydrogens (tertiary/aromatic N) is 3. The van der Waals surface area contributed by atoms with E-state index < -0.39 is 5.97 Å². The highest BCUT2D eigenvalue weighted by Crippen LogP contribution is 2.31. The molecule has 1 heterocycles. The number of ether oxygens (including phenoxy) is 1. The minimum Gasteiger partial charge on any atom is -0.507 e. The van der Waals surface area contributed by atoms with E-state index in [4.69, 9.17) is 0 Å². The summed E-state index contributed by atoms with van der Waals surface area (Å²) in [6.45, 7) is 5.36. The van der Waals surface area contributed by atoms with Gasteiger partial charge < -0.3 is 14.9 Å². The molecule has 0 saturated carbocycles. The first kappa shape index (κ1) is 22.4. The normalized spacial score (nSPS) is 11.5. The van der Waals surface area contributed by atoms with Gasteiger partial charge >= 0.3 is 5.97 Å². The molecule has 32 heavy (non-hydrogen) atoms. The summed E-state index contributed by atoms with van der Waals surface area (Å²) in [7, 11) is 1.33. The lowest BCUT2D eigenvalue weighted by Crippen LogP contribution is -2.03. The molecule has 0 bridgehead atoms. The van der Waals surface area contributed by atoms with E-state index in [1.54, 1.807) is 73.7 Å². The summed E-state index contributed by atoms with van der Waals surface area (Å²) in [6.07, 6.45) is 7.11. The van der Waals surface area contributed by atoms with Gasteiger partial charge in [-0.15, -0.1) is 0 Å². The number of carbonyl (C=O) groups is 1. The van der Waals surface area contributed by atoms with Gasteiger partial charge in [-0.2, -0.15) is 0 Å². The van der Waals surface area contributed by atoms with Gasteiger partial charge in [0, 0.05) is 12.0 Å². The smallest absolute Gasteiger partial charge is 0.333 e. The zero-order chi connectivity index (χ0) is 23.1. The van der Waals surface area contributed by atoms with Crippen molar-refractivity contribution in [3.05, 3.63) is 84.2 Å². The van der Waals surface area contributed by atoms with Gasteiger partial charge in [-0.3, -0.25) is 0 Å². The van der Waals surface area contributed by atoms with Crippen molar-refractivity contribution in [1.29, 1.82) is 0 Å². The number of phenols is 2. The van der Waals surface area contributed by atoms with Crippen LogP contribution in [0, 0.1) is 0 Å². The summed E-state index contributed by atoms with van der Waals surface area (Å²) in [5, 5.41) is 20.7. The Labute approximate surface area is 186 Å². The minimum absolute atomic E-state index is 0.00922.